The first-order valence-corrected chi connectivity index (χ1v) is 20.1. The zero-order valence-electron chi connectivity index (χ0n) is 34.1. The minimum atomic E-state index is -1.74. The molecule has 0 bridgehead atoms. The summed E-state index contributed by atoms with van der Waals surface area (Å²) in [7, 11) is 0. The highest BCUT2D eigenvalue weighted by Gasteiger charge is 2.35. The Bertz CT molecular complexity index is 1680. The summed E-state index contributed by atoms with van der Waals surface area (Å²) in [6, 6.07) is 5.47. The van der Waals surface area contributed by atoms with Crippen LogP contribution < -0.4 is 32.7 Å². The molecule has 3 rings (SSSR count). The summed E-state index contributed by atoms with van der Waals surface area (Å²) in [5, 5.41) is 32.3. The zero-order chi connectivity index (χ0) is 42.4. The van der Waals surface area contributed by atoms with E-state index < -0.39 is 83.9 Å². The van der Waals surface area contributed by atoms with Crippen molar-refractivity contribution in [3.63, 3.8) is 0 Å². The lowest BCUT2D eigenvalue weighted by Gasteiger charge is -2.27. The molecule has 2 aromatic rings. The predicted molar refractivity (Wildman–Crippen MR) is 216 cm³/mol. The zero-order valence-corrected chi connectivity index (χ0v) is 34.1. The van der Waals surface area contributed by atoms with E-state index in [-0.39, 0.29) is 54.0 Å². The van der Waals surface area contributed by atoms with Crippen LogP contribution in [-0.2, 0) is 32.1 Å². The molecular formula is C42H63N7O8. The number of carbonyl (C=O) groups is 6. The molecular weight excluding hydrogens is 731 g/mol. The van der Waals surface area contributed by atoms with E-state index in [4.69, 9.17) is 11.5 Å². The largest absolute Gasteiger partial charge is 0.480 e. The molecule has 1 aromatic heterocycles. The third-order valence-corrected chi connectivity index (χ3v) is 10.7. The van der Waals surface area contributed by atoms with Gasteiger partial charge >= 0.3 is 5.97 Å². The maximum atomic E-state index is 14.3. The van der Waals surface area contributed by atoms with Crippen LogP contribution in [-0.4, -0.2) is 93.3 Å². The topological polar surface area (TPSA) is 256 Å². The first-order chi connectivity index (χ1) is 26.9. The van der Waals surface area contributed by atoms with Crippen molar-refractivity contribution in [2.24, 2.45) is 35.1 Å². The second-order valence-electron chi connectivity index (χ2n) is 16.1. The second kappa shape index (κ2) is 22.4. The minimum absolute atomic E-state index is 0.0159. The van der Waals surface area contributed by atoms with Crippen molar-refractivity contribution in [2.45, 2.75) is 129 Å². The van der Waals surface area contributed by atoms with Gasteiger partial charge in [0.1, 0.15) is 12.1 Å². The Labute approximate surface area is 335 Å². The molecule has 2 unspecified atom stereocenters. The first-order valence-electron chi connectivity index (χ1n) is 20.1. The molecule has 314 valence electrons. The van der Waals surface area contributed by atoms with Crippen molar-refractivity contribution in [3.05, 3.63) is 65.0 Å². The molecule has 0 saturated carbocycles. The molecule has 0 spiro atoms. The molecule has 3 amide bonds. The number of carboxylic acid groups (broad SMARTS) is 1. The minimum Gasteiger partial charge on any atom is -0.480 e. The molecule has 1 aliphatic heterocycles. The molecule has 1 aliphatic rings. The van der Waals surface area contributed by atoms with Gasteiger partial charge in [-0.3, -0.25) is 29.0 Å². The van der Waals surface area contributed by atoms with Gasteiger partial charge in [0.25, 0.3) is 0 Å². The molecule has 2 heterocycles. The number of ketones is 2. The summed E-state index contributed by atoms with van der Waals surface area (Å²) in [5.74, 6) is -5.37. The van der Waals surface area contributed by atoms with Gasteiger partial charge in [0.2, 0.25) is 17.7 Å². The number of aromatic nitrogens is 1. The molecule has 1 fully saturated rings. The lowest BCUT2D eigenvalue weighted by molar-refractivity contribution is -0.142. The summed E-state index contributed by atoms with van der Waals surface area (Å²) in [6.45, 7) is 11.9. The van der Waals surface area contributed by atoms with E-state index in [2.05, 4.69) is 26.3 Å². The number of carboxylic acids is 1. The summed E-state index contributed by atoms with van der Waals surface area (Å²) < 4.78 is 0. The van der Waals surface area contributed by atoms with Crippen LogP contribution in [0.2, 0.25) is 0 Å². The lowest BCUT2D eigenvalue weighted by Crippen LogP contribution is -2.55. The summed E-state index contributed by atoms with van der Waals surface area (Å²) in [4.78, 5) is 85.1. The number of hydrogen-bond acceptors (Lipinski definition) is 11. The van der Waals surface area contributed by atoms with Gasteiger partial charge in [-0.25, -0.2) is 4.79 Å². The van der Waals surface area contributed by atoms with Crippen LogP contribution in [0, 0.1) is 23.7 Å². The number of nitrogens with two attached hydrogens (primary N) is 2. The molecule has 15 nitrogen and oxygen atoms in total. The van der Waals surface area contributed by atoms with Crippen LogP contribution in [0.1, 0.15) is 112 Å². The van der Waals surface area contributed by atoms with Crippen molar-refractivity contribution in [1.29, 1.82) is 0 Å². The number of aliphatic carboxylic acids is 1. The van der Waals surface area contributed by atoms with Crippen LogP contribution in [0.25, 0.3) is 0 Å². The number of rotatable bonds is 23. The van der Waals surface area contributed by atoms with E-state index in [1.54, 1.807) is 30.3 Å². The van der Waals surface area contributed by atoms with Crippen molar-refractivity contribution >= 4 is 35.3 Å². The fraction of sp³-hybridized carbons (Fsp3) is 0.595. The van der Waals surface area contributed by atoms with Crippen LogP contribution in [0.4, 0.5) is 0 Å². The average molecular weight is 794 g/mol. The van der Waals surface area contributed by atoms with Crippen LogP contribution >= 0.6 is 0 Å². The normalized spacial score (nSPS) is 17.8. The molecule has 1 aromatic carbocycles. The summed E-state index contributed by atoms with van der Waals surface area (Å²) in [6.07, 6.45) is 2.12. The number of pyridine rings is 1. The maximum Gasteiger partial charge on any atom is 0.326 e. The van der Waals surface area contributed by atoms with Gasteiger partial charge in [0.15, 0.2) is 11.6 Å². The Balaban J connectivity index is 1.95. The van der Waals surface area contributed by atoms with Crippen LogP contribution in [0.15, 0.2) is 42.6 Å². The number of hydrogen-bond donors (Lipinski definition) is 8. The Morgan fingerprint density at radius 3 is 2.19 bits per heavy atom. The maximum absolute atomic E-state index is 14.3. The Hall–Kier alpha value is -4.57. The molecule has 8 atom stereocenters. The standard InChI is InChI=1S/C42H63N7O8/c1-7-25(6)37(44)41(55)47-21-27-18-29(30(22-46-27)38(52)28(24(4)5)19-36(51)31(43)16-23(2)3)35(50)20-34(42(56)57)49-40(54)33(17-26-12-9-8-10-13-26)48-39(53)32-14-11-15-45-32/h8-10,12-13,18,22-25,28,31-34,36-37,45,51H,7,11,14-17,19-21,43-44H2,1-6H3,(H,47,55)(H,48,53)(H,49,54)(H,56,57)/t25-,28?,31-,32?,33-,34-,36-,37-/m0/s1. The van der Waals surface area contributed by atoms with E-state index in [1.165, 1.54) is 12.3 Å². The van der Waals surface area contributed by atoms with Gasteiger partial charge in [-0.1, -0.05) is 78.3 Å². The SMILES string of the molecule is CC[C@H](C)[C@H](N)C(=O)NCc1cc(C(=O)C[C@H](NC(=O)[C@H](Cc2ccccc2)NC(=O)C2CCCN2)C(=O)O)c(C(=O)C(C[C@H](O)[C@@H](N)CC(C)C)C(C)C)cn1. The first kappa shape index (κ1) is 46.8. The number of nitrogens with one attached hydrogen (secondary N) is 4. The third-order valence-electron chi connectivity index (χ3n) is 10.7. The highest BCUT2D eigenvalue weighted by molar-refractivity contribution is 6.10. The summed E-state index contributed by atoms with van der Waals surface area (Å²) >= 11 is 0. The number of benzene rings is 1. The van der Waals surface area contributed by atoms with Gasteiger partial charge in [0, 0.05) is 42.1 Å². The molecule has 10 N–H and O–H groups in total. The van der Waals surface area contributed by atoms with Crippen LogP contribution in [0.5, 0.6) is 0 Å². The van der Waals surface area contributed by atoms with E-state index in [0.717, 1.165) is 12.0 Å². The number of nitrogens with zero attached hydrogens (tertiary/aromatic N) is 1. The lowest BCUT2D eigenvalue weighted by atomic mass is 9.80. The third kappa shape index (κ3) is 14.1. The molecule has 57 heavy (non-hydrogen) atoms. The van der Waals surface area contributed by atoms with Gasteiger partial charge in [-0.15, -0.1) is 0 Å². The molecule has 1 saturated heterocycles. The number of aliphatic hydroxyl groups is 1. The van der Waals surface area contributed by atoms with Gasteiger partial charge in [-0.2, -0.15) is 0 Å². The highest BCUT2D eigenvalue weighted by atomic mass is 16.4. The Morgan fingerprint density at radius 1 is 0.930 bits per heavy atom. The smallest absolute Gasteiger partial charge is 0.326 e. The number of carbonyl (C=O) groups excluding carboxylic acids is 5. The monoisotopic (exact) mass is 793 g/mol. The highest BCUT2D eigenvalue weighted by Crippen LogP contribution is 2.27. The van der Waals surface area contributed by atoms with E-state index in [0.29, 0.717) is 25.8 Å². The summed E-state index contributed by atoms with van der Waals surface area (Å²) in [5.41, 5.74) is 13.0. The van der Waals surface area contributed by atoms with Gasteiger partial charge in [-0.05, 0) is 61.6 Å². The fourth-order valence-electron chi connectivity index (χ4n) is 6.86. The second-order valence-corrected chi connectivity index (χ2v) is 16.1. The van der Waals surface area contributed by atoms with Gasteiger partial charge < -0.3 is 42.9 Å². The van der Waals surface area contributed by atoms with E-state index in [9.17, 15) is 39.0 Å². The molecule has 0 aliphatic carbocycles. The van der Waals surface area contributed by atoms with Crippen molar-refractivity contribution in [2.75, 3.05) is 6.54 Å². The van der Waals surface area contributed by atoms with Crippen molar-refractivity contribution < 1.29 is 39.0 Å². The van der Waals surface area contributed by atoms with Crippen molar-refractivity contribution in [1.82, 2.24) is 26.3 Å². The Kier molecular flexibility index (Phi) is 18.4. The van der Waals surface area contributed by atoms with E-state index >= 15 is 0 Å². The Morgan fingerprint density at radius 2 is 1.61 bits per heavy atom. The predicted octanol–water partition coefficient (Wildman–Crippen LogP) is 2.27. The number of amides is 3. The number of aliphatic hydroxyl groups excluding tert-OH is 1. The number of Topliss-reactive ketones (excluding diaryl/α,β-unsaturated/α-hetero) is 2. The molecule has 0 radical (unpaired) electrons. The fourth-order valence-corrected chi connectivity index (χ4v) is 6.86. The van der Waals surface area contributed by atoms with Crippen LogP contribution in [0.3, 0.4) is 0 Å². The van der Waals surface area contributed by atoms with Gasteiger partial charge in [0.05, 0.1) is 30.4 Å². The average Bonchev–Trinajstić information content (AvgIpc) is 3.73. The van der Waals surface area contributed by atoms with E-state index in [1.807, 2.05) is 41.5 Å². The van der Waals surface area contributed by atoms with Crippen molar-refractivity contribution in [3.8, 4) is 0 Å². The molecule has 15 heteroatoms. The quantitative estimate of drug-likeness (QED) is 0.0755.